The molecule has 0 aliphatic rings. The number of hydrogen-bond acceptors (Lipinski definition) is 6. The van der Waals surface area contributed by atoms with Crippen LogP contribution in [0.1, 0.15) is 33.3 Å². The average Bonchev–Trinajstić information content (AvgIpc) is 3.21. The summed E-state index contributed by atoms with van der Waals surface area (Å²) in [6.07, 6.45) is 4.60. The molecule has 9 nitrogen and oxygen atoms in total. The maximum atomic E-state index is 14.8. The standard InChI is InChI=1S/C24H27F2N7O2S/c1-14(2)11-29-22(27-6)16(4)17(5)36(34,35)32-24-31-30-23(18-10-15(3)12-28-13-18)33(24)21-19(25)8-7-9-20(21)26/h7-13,16-17H,6H2,1-5H3,(H,31,32)/b29-22-/t16-,17-/m0/s1. The highest BCUT2D eigenvalue weighted by atomic mass is 32.2. The van der Waals surface area contributed by atoms with Crippen molar-refractivity contribution in [3.63, 3.8) is 0 Å². The fraction of sp³-hybridized carbons (Fsp3) is 0.292. The number of pyridine rings is 1. The summed E-state index contributed by atoms with van der Waals surface area (Å²) < 4.78 is 59.7. The average molecular weight is 516 g/mol. The van der Waals surface area contributed by atoms with Gasteiger partial charge >= 0.3 is 0 Å². The molecule has 0 spiro atoms. The van der Waals surface area contributed by atoms with E-state index < -0.39 is 38.5 Å². The van der Waals surface area contributed by atoms with Gasteiger partial charge in [-0.2, -0.15) is 0 Å². The van der Waals surface area contributed by atoms with Crippen LogP contribution >= 0.6 is 0 Å². The molecule has 2 heterocycles. The summed E-state index contributed by atoms with van der Waals surface area (Å²) in [7, 11) is -4.16. The van der Waals surface area contributed by atoms with Crippen LogP contribution in [0.4, 0.5) is 14.7 Å². The molecule has 0 aliphatic heterocycles. The fourth-order valence-corrected chi connectivity index (χ4v) is 4.56. The molecule has 190 valence electrons. The van der Waals surface area contributed by atoms with E-state index in [0.29, 0.717) is 5.56 Å². The molecule has 0 bridgehead atoms. The molecule has 12 heteroatoms. The third-order valence-electron chi connectivity index (χ3n) is 5.41. The molecular formula is C24H27F2N7O2S. The first-order valence-corrected chi connectivity index (χ1v) is 12.5. The van der Waals surface area contributed by atoms with E-state index in [-0.39, 0.29) is 17.6 Å². The number of halogens is 2. The Morgan fingerprint density at radius 3 is 2.42 bits per heavy atom. The summed E-state index contributed by atoms with van der Waals surface area (Å²) in [5.74, 6) is -2.67. The maximum Gasteiger partial charge on any atom is 0.243 e. The zero-order valence-electron chi connectivity index (χ0n) is 20.6. The van der Waals surface area contributed by atoms with Gasteiger partial charge in [0.1, 0.15) is 23.2 Å². The van der Waals surface area contributed by atoms with Gasteiger partial charge in [0, 0.05) is 30.1 Å². The first-order valence-electron chi connectivity index (χ1n) is 11.0. The van der Waals surface area contributed by atoms with Gasteiger partial charge in [0.25, 0.3) is 0 Å². The molecule has 0 radical (unpaired) electrons. The lowest BCUT2D eigenvalue weighted by Gasteiger charge is -2.21. The lowest BCUT2D eigenvalue weighted by molar-refractivity contribution is 0.567. The minimum atomic E-state index is -4.16. The van der Waals surface area contributed by atoms with Gasteiger partial charge in [-0.25, -0.2) is 27.2 Å². The van der Waals surface area contributed by atoms with Gasteiger partial charge in [0.15, 0.2) is 5.82 Å². The maximum absolute atomic E-state index is 14.8. The Balaban J connectivity index is 2.11. The number of aryl methyl sites for hydroxylation is 1. The Kier molecular flexibility index (Phi) is 8.08. The molecule has 0 unspecified atom stereocenters. The van der Waals surface area contributed by atoms with Crippen molar-refractivity contribution < 1.29 is 17.2 Å². The monoisotopic (exact) mass is 515 g/mol. The second kappa shape index (κ2) is 10.9. The van der Waals surface area contributed by atoms with E-state index in [9.17, 15) is 17.2 Å². The van der Waals surface area contributed by atoms with Gasteiger partial charge in [-0.3, -0.25) is 14.3 Å². The highest BCUT2D eigenvalue weighted by molar-refractivity contribution is 7.93. The first kappa shape index (κ1) is 26.8. The van der Waals surface area contributed by atoms with Crippen LogP contribution in [-0.2, 0) is 10.0 Å². The van der Waals surface area contributed by atoms with Crippen LogP contribution in [0.2, 0.25) is 0 Å². The number of aromatic nitrogens is 4. The van der Waals surface area contributed by atoms with Gasteiger partial charge in [-0.15, -0.1) is 10.2 Å². The molecule has 1 aromatic carbocycles. The van der Waals surface area contributed by atoms with Crippen molar-refractivity contribution in [2.24, 2.45) is 15.9 Å². The topological polar surface area (TPSA) is 114 Å². The Morgan fingerprint density at radius 2 is 1.83 bits per heavy atom. The third kappa shape index (κ3) is 5.70. The number of benzene rings is 1. The lowest BCUT2D eigenvalue weighted by Crippen LogP contribution is -2.35. The number of para-hydroxylation sites is 1. The molecule has 0 saturated carbocycles. The molecule has 36 heavy (non-hydrogen) atoms. The molecule has 0 fully saturated rings. The molecular weight excluding hydrogens is 488 g/mol. The molecule has 0 amide bonds. The summed E-state index contributed by atoms with van der Waals surface area (Å²) in [6.45, 7) is 12.1. The Labute approximate surface area is 208 Å². The van der Waals surface area contributed by atoms with Crippen LogP contribution in [-0.4, -0.2) is 46.0 Å². The van der Waals surface area contributed by atoms with E-state index in [0.717, 1.165) is 27.8 Å². The van der Waals surface area contributed by atoms with Gasteiger partial charge in [-0.05, 0) is 58.2 Å². The van der Waals surface area contributed by atoms with Crippen LogP contribution < -0.4 is 4.72 Å². The van der Waals surface area contributed by atoms with Crippen LogP contribution in [0.3, 0.4) is 0 Å². The van der Waals surface area contributed by atoms with Crippen LogP contribution in [0, 0.1) is 24.5 Å². The summed E-state index contributed by atoms with van der Waals surface area (Å²) in [5, 5.41) is 6.88. The predicted octanol–water partition coefficient (Wildman–Crippen LogP) is 4.71. The number of allylic oxidation sites excluding steroid dienone is 1. The SMILES string of the molecule is C=N/C(=N\C=C(C)C)[C@@H](C)[C@H](C)S(=O)(=O)Nc1nnc(-c2cncc(C)c2)n1-c1c(F)cccc1F. The second-order valence-corrected chi connectivity index (χ2v) is 10.5. The van der Waals surface area contributed by atoms with Crippen LogP contribution in [0.15, 0.2) is 58.4 Å². The number of rotatable bonds is 8. The lowest BCUT2D eigenvalue weighted by atomic mass is 10.1. The number of nitrogens with one attached hydrogen (secondary N) is 1. The van der Waals surface area contributed by atoms with E-state index in [1.807, 2.05) is 13.8 Å². The van der Waals surface area contributed by atoms with Crippen molar-refractivity contribution in [2.75, 3.05) is 4.72 Å². The molecule has 3 aromatic rings. The van der Waals surface area contributed by atoms with E-state index in [4.69, 9.17) is 0 Å². The summed E-state index contributed by atoms with van der Waals surface area (Å²) in [5.41, 5.74) is 1.52. The van der Waals surface area contributed by atoms with Gasteiger partial charge in [0.2, 0.25) is 16.0 Å². The van der Waals surface area contributed by atoms with Crippen molar-refractivity contribution in [3.05, 3.63) is 65.6 Å². The quantitative estimate of drug-likeness (QED) is 0.345. The number of aliphatic imine (C=N–C) groups is 2. The van der Waals surface area contributed by atoms with E-state index >= 15 is 0 Å². The Bertz CT molecular complexity index is 1420. The van der Waals surface area contributed by atoms with E-state index in [1.54, 1.807) is 32.3 Å². The van der Waals surface area contributed by atoms with Crippen molar-refractivity contribution in [2.45, 2.75) is 39.9 Å². The van der Waals surface area contributed by atoms with Gasteiger partial charge in [-0.1, -0.05) is 18.6 Å². The van der Waals surface area contributed by atoms with Crippen molar-refractivity contribution in [1.82, 2.24) is 19.7 Å². The molecule has 3 rings (SSSR count). The molecule has 0 saturated heterocycles. The van der Waals surface area contributed by atoms with Crippen molar-refractivity contribution >= 4 is 28.5 Å². The number of amidine groups is 1. The molecule has 0 aliphatic carbocycles. The summed E-state index contributed by atoms with van der Waals surface area (Å²) in [6, 6.07) is 5.01. The number of nitrogens with zero attached hydrogens (tertiary/aromatic N) is 6. The Morgan fingerprint density at radius 1 is 1.17 bits per heavy atom. The summed E-state index contributed by atoms with van der Waals surface area (Å²) in [4.78, 5) is 12.2. The largest absolute Gasteiger partial charge is 0.264 e. The number of hydrogen-bond donors (Lipinski definition) is 1. The van der Waals surface area contributed by atoms with Crippen molar-refractivity contribution in [3.8, 4) is 17.1 Å². The smallest absolute Gasteiger partial charge is 0.243 e. The zero-order valence-corrected chi connectivity index (χ0v) is 21.4. The molecule has 1 N–H and O–H groups in total. The normalized spacial score (nSPS) is 13.7. The first-order chi connectivity index (χ1) is 17.0. The minimum Gasteiger partial charge on any atom is -0.264 e. The van der Waals surface area contributed by atoms with Gasteiger partial charge in [0.05, 0.1) is 5.25 Å². The molecule has 2 aromatic heterocycles. The highest BCUT2D eigenvalue weighted by Gasteiger charge is 2.32. The third-order valence-corrected chi connectivity index (χ3v) is 7.26. The van der Waals surface area contributed by atoms with Crippen molar-refractivity contribution in [1.29, 1.82) is 0 Å². The van der Waals surface area contributed by atoms with E-state index in [1.165, 1.54) is 19.2 Å². The molecule has 2 atom stereocenters. The Hall–Kier alpha value is -3.80. The van der Waals surface area contributed by atoms with E-state index in [2.05, 4.69) is 36.6 Å². The van der Waals surface area contributed by atoms with Gasteiger partial charge < -0.3 is 0 Å². The number of sulfonamides is 1. The van der Waals surface area contributed by atoms with Crippen LogP contribution in [0.25, 0.3) is 17.1 Å². The minimum absolute atomic E-state index is 0.00664. The highest BCUT2D eigenvalue weighted by Crippen LogP contribution is 2.30. The number of anilines is 1. The van der Waals surface area contributed by atoms with Crippen LogP contribution in [0.5, 0.6) is 0 Å². The fourth-order valence-electron chi connectivity index (χ4n) is 3.33. The predicted molar refractivity (Wildman–Crippen MR) is 137 cm³/mol. The zero-order chi connectivity index (χ0) is 26.6. The summed E-state index contributed by atoms with van der Waals surface area (Å²) >= 11 is 0. The second-order valence-electron chi connectivity index (χ2n) is 8.50.